The van der Waals surface area contributed by atoms with Crippen molar-refractivity contribution in [1.82, 2.24) is 9.80 Å². The zero-order chi connectivity index (χ0) is 23.7. The SMILES string of the molecule is CN(Cc1ccccc1N1CCCC1)C(=O)CCCN1C(=O)c2cccc3cccc(c23)C1=O. The van der Waals surface area contributed by atoms with Gasteiger partial charge in [0.2, 0.25) is 5.91 Å². The summed E-state index contributed by atoms with van der Waals surface area (Å²) in [6.07, 6.45) is 3.13. The minimum absolute atomic E-state index is 0.00985. The van der Waals surface area contributed by atoms with Crippen molar-refractivity contribution in [2.45, 2.75) is 32.2 Å². The molecule has 2 aliphatic heterocycles. The van der Waals surface area contributed by atoms with Crippen molar-refractivity contribution >= 4 is 34.2 Å². The number of carbonyl (C=O) groups excluding carboxylic acids is 3. The monoisotopic (exact) mass is 455 g/mol. The van der Waals surface area contributed by atoms with Gasteiger partial charge in [0.05, 0.1) is 0 Å². The first kappa shape index (κ1) is 22.1. The molecule has 6 nitrogen and oxygen atoms in total. The Bertz CT molecular complexity index is 1210. The maximum Gasteiger partial charge on any atom is 0.261 e. The molecule has 0 saturated carbocycles. The molecule has 0 bridgehead atoms. The van der Waals surface area contributed by atoms with Crippen LogP contribution in [-0.2, 0) is 11.3 Å². The topological polar surface area (TPSA) is 60.9 Å². The Morgan fingerprint density at radius 1 is 0.882 bits per heavy atom. The van der Waals surface area contributed by atoms with Crippen molar-refractivity contribution < 1.29 is 14.4 Å². The first-order valence-electron chi connectivity index (χ1n) is 12.0. The van der Waals surface area contributed by atoms with Crippen LogP contribution in [0.3, 0.4) is 0 Å². The molecule has 5 rings (SSSR count). The zero-order valence-corrected chi connectivity index (χ0v) is 19.5. The van der Waals surface area contributed by atoms with E-state index in [-0.39, 0.29) is 30.7 Å². The van der Waals surface area contributed by atoms with Gasteiger partial charge in [-0.15, -0.1) is 0 Å². The zero-order valence-electron chi connectivity index (χ0n) is 19.5. The van der Waals surface area contributed by atoms with Gasteiger partial charge in [-0.2, -0.15) is 0 Å². The Balaban J connectivity index is 1.21. The molecule has 1 fully saturated rings. The number of rotatable bonds is 7. The van der Waals surface area contributed by atoms with Gasteiger partial charge in [-0.05, 0) is 48.4 Å². The van der Waals surface area contributed by atoms with Crippen molar-refractivity contribution in [3.8, 4) is 0 Å². The van der Waals surface area contributed by atoms with Crippen molar-refractivity contribution in [2.75, 3.05) is 31.6 Å². The number of nitrogens with zero attached hydrogens (tertiary/aromatic N) is 3. The lowest BCUT2D eigenvalue weighted by molar-refractivity contribution is -0.130. The first-order chi connectivity index (χ1) is 16.5. The quantitative estimate of drug-likeness (QED) is 0.493. The molecule has 3 aromatic rings. The van der Waals surface area contributed by atoms with E-state index in [2.05, 4.69) is 17.0 Å². The van der Waals surface area contributed by atoms with E-state index in [9.17, 15) is 14.4 Å². The molecule has 34 heavy (non-hydrogen) atoms. The van der Waals surface area contributed by atoms with Gasteiger partial charge < -0.3 is 9.80 Å². The highest BCUT2D eigenvalue weighted by atomic mass is 16.2. The number of hydrogen-bond donors (Lipinski definition) is 0. The van der Waals surface area contributed by atoms with E-state index in [4.69, 9.17) is 0 Å². The van der Waals surface area contributed by atoms with Gasteiger partial charge in [-0.1, -0.05) is 42.5 Å². The molecule has 0 spiro atoms. The predicted octanol–water partition coefficient (Wildman–Crippen LogP) is 4.47. The molecule has 2 heterocycles. The van der Waals surface area contributed by atoms with Gasteiger partial charge in [-0.25, -0.2) is 0 Å². The van der Waals surface area contributed by atoms with Crippen LogP contribution >= 0.6 is 0 Å². The Morgan fingerprint density at radius 3 is 2.21 bits per heavy atom. The number of carbonyl (C=O) groups is 3. The molecule has 0 N–H and O–H groups in total. The minimum Gasteiger partial charge on any atom is -0.371 e. The van der Waals surface area contributed by atoms with Gasteiger partial charge in [0.25, 0.3) is 11.8 Å². The minimum atomic E-state index is -0.283. The first-order valence-corrected chi connectivity index (χ1v) is 12.0. The van der Waals surface area contributed by atoms with Crippen molar-refractivity contribution in [2.24, 2.45) is 0 Å². The summed E-state index contributed by atoms with van der Waals surface area (Å²) >= 11 is 0. The molecule has 6 heteroatoms. The van der Waals surface area contributed by atoms with E-state index in [1.807, 2.05) is 43.4 Å². The molecule has 0 atom stereocenters. The lowest BCUT2D eigenvalue weighted by Crippen LogP contribution is -2.41. The second-order valence-corrected chi connectivity index (χ2v) is 9.15. The Labute approximate surface area is 199 Å². The maximum atomic E-state index is 13.0. The van der Waals surface area contributed by atoms with Crippen LogP contribution in [-0.4, -0.2) is 54.2 Å². The lowest BCUT2D eigenvalue weighted by atomic mass is 9.94. The van der Waals surface area contributed by atoms with Gasteiger partial charge in [-0.3, -0.25) is 19.3 Å². The fourth-order valence-corrected chi connectivity index (χ4v) is 5.12. The summed E-state index contributed by atoms with van der Waals surface area (Å²) in [5.74, 6) is -0.556. The van der Waals surface area contributed by atoms with Crippen LogP contribution in [0.4, 0.5) is 5.69 Å². The van der Waals surface area contributed by atoms with Crippen LogP contribution in [0.25, 0.3) is 10.8 Å². The van der Waals surface area contributed by atoms with E-state index in [0.29, 0.717) is 24.1 Å². The summed E-state index contributed by atoms with van der Waals surface area (Å²) in [4.78, 5) is 44.3. The average Bonchev–Trinajstić information content (AvgIpc) is 3.39. The van der Waals surface area contributed by atoms with Crippen molar-refractivity contribution in [3.63, 3.8) is 0 Å². The molecule has 0 aromatic heterocycles. The second kappa shape index (κ2) is 9.29. The fraction of sp³-hybridized carbons (Fsp3) is 0.321. The summed E-state index contributed by atoms with van der Waals surface area (Å²) in [7, 11) is 1.82. The van der Waals surface area contributed by atoms with Gasteiger partial charge in [0.1, 0.15) is 0 Å². The Hall–Kier alpha value is -3.67. The molecule has 1 saturated heterocycles. The molecule has 3 amide bonds. The lowest BCUT2D eigenvalue weighted by Gasteiger charge is -2.27. The molecular formula is C28H29N3O3. The second-order valence-electron chi connectivity index (χ2n) is 9.15. The van der Waals surface area contributed by atoms with E-state index < -0.39 is 0 Å². The maximum absolute atomic E-state index is 13.0. The average molecular weight is 456 g/mol. The van der Waals surface area contributed by atoms with Crippen LogP contribution in [0.1, 0.15) is 52.0 Å². The van der Waals surface area contributed by atoms with Crippen LogP contribution in [0.5, 0.6) is 0 Å². The largest absolute Gasteiger partial charge is 0.371 e. The van der Waals surface area contributed by atoms with E-state index in [0.717, 1.165) is 29.4 Å². The third kappa shape index (κ3) is 4.04. The smallest absolute Gasteiger partial charge is 0.261 e. The number of hydrogen-bond acceptors (Lipinski definition) is 4. The van der Waals surface area contributed by atoms with E-state index in [1.165, 1.54) is 23.4 Å². The summed E-state index contributed by atoms with van der Waals surface area (Å²) in [5.41, 5.74) is 3.45. The number of imide groups is 1. The Kier molecular flexibility index (Phi) is 6.05. The predicted molar refractivity (Wildman–Crippen MR) is 133 cm³/mol. The van der Waals surface area contributed by atoms with Crippen molar-refractivity contribution in [3.05, 3.63) is 77.4 Å². The van der Waals surface area contributed by atoms with Crippen LogP contribution in [0.2, 0.25) is 0 Å². The van der Waals surface area contributed by atoms with Gasteiger partial charge >= 0.3 is 0 Å². The molecule has 3 aromatic carbocycles. The summed E-state index contributed by atoms with van der Waals surface area (Å²) in [5, 5.41) is 1.62. The molecular weight excluding hydrogens is 426 g/mol. The summed E-state index contributed by atoms with van der Waals surface area (Å²) in [6, 6.07) is 19.3. The van der Waals surface area contributed by atoms with Crippen LogP contribution in [0, 0.1) is 0 Å². The Morgan fingerprint density at radius 2 is 1.53 bits per heavy atom. The standard InChI is InChI=1S/C28H29N3O3/c1-29(19-21-9-2-3-14-24(21)30-16-4-5-17-30)25(32)15-8-18-31-27(33)22-12-6-10-20-11-7-13-23(26(20)22)28(31)34/h2-3,6-7,9-14H,4-5,8,15-19H2,1H3. The molecule has 174 valence electrons. The van der Waals surface area contributed by atoms with Crippen LogP contribution in [0.15, 0.2) is 60.7 Å². The number of amides is 3. The molecule has 2 aliphatic rings. The highest BCUT2D eigenvalue weighted by molar-refractivity contribution is 6.25. The molecule has 0 unspecified atom stereocenters. The summed E-state index contributed by atoms with van der Waals surface area (Å²) < 4.78 is 0. The number of para-hydroxylation sites is 1. The van der Waals surface area contributed by atoms with Crippen molar-refractivity contribution in [1.29, 1.82) is 0 Å². The normalized spacial score (nSPS) is 15.3. The number of benzene rings is 3. The fourth-order valence-electron chi connectivity index (χ4n) is 5.12. The third-order valence-electron chi connectivity index (χ3n) is 6.90. The highest BCUT2D eigenvalue weighted by Crippen LogP contribution is 2.30. The summed E-state index contributed by atoms with van der Waals surface area (Å²) in [6.45, 7) is 2.89. The van der Waals surface area contributed by atoms with E-state index in [1.54, 1.807) is 17.0 Å². The third-order valence-corrected chi connectivity index (χ3v) is 6.90. The van der Waals surface area contributed by atoms with Gasteiger partial charge in [0.15, 0.2) is 0 Å². The molecule has 0 radical (unpaired) electrons. The highest BCUT2D eigenvalue weighted by Gasteiger charge is 2.32. The molecule has 0 aliphatic carbocycles. The van der Waals surface area contributed by atoms with E-state index >= 15 is 0 Å². The number of anilines is 1. The van der Waals surface area contributed by atoms with Crippen LogP contribution < -0.4 is 4.90 Å². The van der Waals surface area contributed by atoms with Gasteiger partial charge in [0, 0.05) is 61.8 Å².